The topological polar surface area (TPSA) is 69.7 Å². The quantitative estimate of drug-likeness (QED) is 0.607. The van der Waals surface area contributed by atoms with Crippen LogP contribution in [0, 0.1) is 0 Å². The van der Waals surface area contributed by atoms with Crippen LogP contribution in [0.15, 0.2) is 41.3 Å². The highest BCUT2D eigenvalue weighted by Crippen LogP contribution is 2.32. The molecule has 0 spiro atoms. The number of halogens is 2. The average Bonchev–Trinajstić information content (AvgIpc) is 2.74. The van der Waals surface area contributed by atoms with Crippen LogP contribution >= 0.6 is 23.2 Å². The van der Waals surface area contributed by atoms with E-state index < -0.39 is 15.9 Å². The van der Waals surface area contributed by atoms with E-state index in [0.29, 0.717) is 10.7 Å². The van der Waals surface area contributed by atoms with Crippen LogP contribution in [0.5, 0.6) is 0 Å². The van der Waals surface area contributed by atoms with Gasteiger partial charge in [0.05, 0.1) is 26.9 Å². The van der Waals surface area contributed by atoms with Crippen molar-refractivity contribution in [2.24, 2.45) is 0 Å². The van der Waals surface area contributed by atoms with Crippen molar-refractivity contribution < 1.29 is 13.2 Å². The van der Waals surface area contributed by atoms with Gasteiger partial charge in [-0.05, 0) is 69.5 Å². The van der Waals surface area contributed by atoms with Gasteiger partial charge >= 0.3 is 0 Å². The van der Waals surface area contributed by atoms with Crippen molar-refractivity contribution in [3.63, 3.8) is 0 Å². The third-order valence-corrected chi connectivity index (χ3v) is 8.08. The summed E-state index contributed by atoms with van der Waals surface area (Å²) in [6.07, 6.45) is 3.36. The van der Waals surface area contributed by atoms with Crippen molar-refractivity contribution in [2.75, 3.05) is 30.4 Å². The van der Waals surface area contributed by atoms with E-state index in [9.17, 15) is 13.2 Å². The third-order valence-electron chi connectivity index (χ3n) is 5.49. The summed E-state index contributed by atoms with van der Waals surface area (Å²) < 4.78 is 27.0. The summed E-state index contributed by atoms with van der Waals surface area (Å²) in [4.78, 5) is 15.3. The van der Waals surface area contributed by atoms with Crippen LogP contribution in [0.2, 0.25) is 10.0 Å². The monoisotopic (exact) mass is 483 g/mol. The lowest BCUT2D eigenvalue weighted by atomic mass is 10.1. The molecule has 1 saturated heterocycles. The minimum atomic E-state index is -3.75. The summed E-state index contributed by atoms with van der Waals surface area (Å²) in [5.41, 5.74) is 1.55. The second-order valence-electron chi connectivity index (χ2n) is 7.92. The molecular formula is C22H27Cl2N3O3S. The van der Waals surface area contributed by atoms with Gasteiger partial charge in [-0.25, -0.2) is 8.42 Å². The molecule has 1 amide bonds. The minimum absolute atomic E-state index is 0.0144. The number of hydrogen-bond acceptors (Lipinski definition) is 4. The lowest BCUT2D eigenvalue weighted by Crippen LogP contribution is -2.33. The highest BCUT2D eigenvalue weighted by molar-refractivity contribution is 7.89. The molecule has 1 heterocycles. The second kappa shape index (κ2) is 9.77. The van der Waals surface area contributed by atoms with Crippen LogP contribution < -0.4 is 10.2 Å². The van der Waals surface area contributed by atoms with Crippen LogP contribution in [-0.4, -0.2) is 44.8 Å². The lowest BCUT2D eigenvalue weighted by molar-refractivity contribution is 0.102. The molecule has 0 aliphatic carbocycles. The number of nitrogens with one attached hydrogen (secondary N) is 1. The van der Waals surface area contributed by atoms with Crippen LogP contribution in [0.3, 0.4) is 0 Å². The van der Waals surface area contributed by atoms with Gasteiger partial charge in [-0.3, -0.25) is 4.79 Å². The molecule has 1 aliphatic rings. The van der Waals surface area contributed by atoms with Gasteiger partial charge in [-0.15, -0.1) is 0 Å². The van der Waals surface area contributed by atoms with Gasteiger partial charge < -0.3 is 10.2 Å². The number of carbonyl (C=O) groups is 1. The molecule has 0 atom stereocenters. The van der Waals surface area contributed by atoms with Crippen LogP contribution in [0.1, 0.15) is 43.5 Å². The van der Waals surface area contributed by atoms with E-state index in [-0.39, 0.29) is 21.5 Å². The zero-order valence-electron chi connectivity index (χ0n) is 17.9. The van der Waals surface area contributed by atoms with E-state index in [1.807, 2.05) is 6.07 Å². The summed E-state index contributed by atoms with van der Waals surface area (Å²) in [7, 11) is -2.25. The number of amides is 1. The highest BCUT2D eigenvalue weighted by Gasteiger charge is 2.25. The van der Waals surface area contributed by atoms with Crippen molar-refractivity contribution >= 4 is 50.5 Å². The molecule has 1 aliphatic heterocycles. The zero-order valence-corrected chi connectivity index (χ0v) is 20.2. The fraction of sp³-hybridized carbons (Fsp3) is 0.409. The molecule has 0 unspecified atom stereocenters. The fourth-order valence-corrected chi connectivity index (χ4v) is 5.26. The Bertz CT molecular complexity index is 1070. The number of rotatable bonds is 6. The summed E-state index contributed by atoms with van der Waals surface area (Å²) >= 11 is 12.4. The van der Waals surface area contributed by atoms with Gasteiger partial charge in [0.25, 0.3) is 5.91 Å². The number of carbonyl (C=O) groups excluding carboxylic acids is 1. The molecule has 2 aromatic carbocycles. The Kier molecular flexibility index (Phi) is 7.52. The van der Waals surface area contributed by atoms with Crippen molar-refractivity contribution in [1.29, 1.82) is 0 Å². The first-order valence-electron chi connectivity index (χ1n) is 10.2. The van der Waals surface area contributed by atoms with Gasteiger partial charge in [0, 0.05) is 31.2 Å². The third kappa shape index (κ3) is 5.34. The minimum Gasteiger partial charge on any atom is -0.370 e. The molecule has 31 heavy (non-hydrogen) atoms. The van der Waals surface area contributed by atoms with E-state index in [0.717, 1.165) is 31.6 Å². The van der Waals surface area contributed by atoms with Crippen LogP contribution in [0.4, 0.5) is 11.4 Å². The zero-order chi connectivity index (χ0) is 22.8. The Morgan fingerprint density at radius 1 is 1.06 bits per heavy atom. The van der Waals surface area contributed by atoms with Crippen LogP contribution in [0.25, 0.3) is 0 Å². The number of nitrogens with zero attached hydrogens (tertiary/aromatic N) is 2. The smallest absolute Gasteiger partial charge is 0.257 e. The molecule has 1 N–H and O–H groups in total. The maximum absolute atomic E-state index is 13.1. The first-order valence-corrected chi connectivity index (χ1v) is 12.4. The van der Waals surface area contributed by atoms with Crippen LogP contribution in [-0.2, 0) is 10.0 Å². The maximum atomic E-state index is 13.1. The van der Waals surface area contributed by atoms with Gasteiger partial charge in [0.15, 0.2) is 0 Å². The Balaban J connectivity index is 1.93. The molecule has 0 saturated carbocycles. The molecule has 168 valence electrons. The molecular weight excluding hydrogens is 457 g/mol. The van der Waals surface area contributed by atoms with Crippen molar-refractivity contribution in [3.05, 3.63) is 52.0 Å². The van der Waals surface area contributed by atoms with E-state index in [2.05, 4.69) is 10.2 Å². The summed E-state index contributed by atoms with van der Waals surface area (Å²) in [5.74, 6) is -0.491. The molecule has 0 radical (unpaired) electrons. The average molecular weight is 484 g/mol. The summed E-state index contributed by atoms with van der Waals surface area (Å²) in [6, 6.07) is 9.32. The Hall–Kier alpha value is -1.80. The van der Waals surface area contributed by atoms with E-state index in [4.69, 9.17) is 23.2 Å². The number of piperidine rings is 1. The first-order chi connectivity index (χ1) is 14.6. The van der Waals surface area contributed by atoms with E-state index in [1.54, 1.807) is 26.0 Å². The molecule has 1 fully saturated rings. The van der Waals surface area contributed by atoms with Crippen molar-refractivity contribution in [3.8, 4) is 0 Å². The largest absolute Gasteiger partial charge is 0.370 e. The first kappa shape index (κ1) is 23.9. The van der Waals surface area contributed by atoms with E-state index >= 15 is 0 Å². The number of benzene rings is 2. The lowest BCUT2D eigenvalue weighted by Gasteiger charge is -2.30. The summed E-state index contributed by atoms with van der Waals surface area (Å²) in [6.45, 7) is 5.37. The Morgan fingerprint density at radius 2 is 1.74 bits per heavy atom. The fourth-order valence-electron chi connectivity index (χ4n) is 3.49. The van der Waals surface area contributed by atoms with E-state index in [1.165, 1.54) is 36.0 Å². The van der Waals surface area contributed by atoms with Gasteiger partial charge in [-0.2, -0.15) is 4.31 Å². The maximum Gasteiger partial charge on any atom is 0.257 e. The van der Waals surface area contributed by atoms with Gasteiger partial charge in [0.2, 0.25) is 10.0 Å². The number of anilines is 2. The highest BCUT2D eigenvalue weighted by atomic mass is 35.5. The summed E-state index contributed by atoms with van der Waals surface area (Å²) in [5, 5.41) is 3.55. The molecule has 6 nitrogen and oxygen atoms in total. The standard InChI is InChI=1S/C22H27Cl2N3O3S/c1-15(2)26(3)31(29,30)17-8-9-19(24)18(14-17)22(28)25-20-13-16(23)7-10-21(20)27-11-5-4-6-12-27/h7-10,13-15H,4-6,11-12H2,1-3H3,(H,25,28). The normalized spacial score (nSPS) is 14.9. The van der Waals surface area contributed by atoms with Crippen molar-refractivity contribution in [1.82, 2.24) is 4.31 Å². The molecule has 3 rings (SSSR count). The Labute approximate surface area is 194 Å². The SMILES string of the molecule is CC(C)N(C)S(=O)(=O)c1ccc(Cl)c(C(=O)Nc2cc(Cl)ccc2N2CCCCC2)c1. The van der Waals surface area contributed by atoms with Gasteiger partial charge in [0.1, 0.15) is 0 Å². The predicted molar refractivity (Wildman–Crippen MR) is 127 cm³/mol. The second-order valence-corrected chi connectivity index (χ2v) is 10.8. The predicted octanol–water partition coefficient (Wildman–Crippen LogP) is 5.26. The molecule has 0 bridgehead atoms. The molecule has 0 aromatic heterocycles. The molecule has 2 aromatic rings. The van der Waals surface area contributed by atoms with Gasteiger partial charge in [-0.1, -0.05) is 23.2 Å². The Morgan fingerprint density at radius 3 is 2.39 bits per heavy atom. The molecule has 9 heteroatoms. The number of sulfonamides is 1. The van der Waals surface area contributed by atoms with Crippen molar-refractivity contribution in [2.45, 2.75) is 44.0 Å². The number of hydrogen-bond donors (Lipinski definition) is 1.